The van der Waals surface area contributed by atoms with Gasteiger partial charge in [0.2, 0.25) is 0 Å². The molecule has 0 fully saturated rings. The molecule has 100 valence electrons. The van der Waals surface area contributed by atoms with Crippen LogP contribution >= 0.6 is 0 Å². The summed E-state index contributed by atoms with van der Waals surface area (Å²) < 4.78 is 5.68. The number of Topliss-reactive ketones (excluding diaryl/α,β-unsaturated/α-hetero) is 1. The van der Waals surface area contributed by atoms with E-state index in [1.165, 1.54) is 0 Å². The van der Waals surface area contributed by atoms with Crippen LogP contribution in [0.25, 0.3) is 0 Å². The lowest BCUT2D eigenvalue weighted by molar-refractivity contribution is 0.0331. The average molecular weight is 248 g/mol. The highest BCUT2D eigenvalue weighted by molar-refractivity contribution is 5.99. The van der Waals surface area contributed by atoms with E-state index in [1.807, 2.05) is 38.1 Å². The number of hydrogen-bond acceptors (Lipinski definition) is 2. The Hall–Kier alpha value is -1.15. The zero-order valence-electron chi connectivity index (χ0n) is 11.9. The maximum absolute atomic E-state index is 12.1. The van der Waals surface area contributed by atoms with Gasteiger partial charge in [-0.25, -0.2) is 0 Å². The molecule has 0 N–H and O–H groups in total. The Kier molecular flexibility index (Phi) is 6.06. The lowest BCUT2D eigenvalue weighted by Gasteiger charge is -2.17. The summed E-state index contributed by atoms with van der Waals surface area (Å²) in [5.41, 5.74) is 1.90. The summed E-state index contributed by atoms with van der Waals surface area (Å²) in [5, 5.41) is 0. The second-order valence-corrected chi connectivity index (χ2v) is 4.89. The maximum atomic E-state index is 12.1. The fraction of sp³-hybridized carbons (Fsp3) is 0.562. The molecule has 0 radical (unpaired) electrons. The van der Waals surface area contributed by atoms with E-state index in [4.69, 9.17) is 4.74 Å². The molecule has 1 aromatic rings. The van der Waals surface area contributed by atoms with Crippen molar-refractivity contribution in [2.24, 2.45) is 5.92 Å². The minimum atomic E-state index is -0.353. The molecule has 1 rings (SSSR count). The van der Waals surface area contributed by atoms with Crippen molar-refractivity contribution in [3.63, 3.8) is 0 Å². The van der Waals surface area contributed by atoms with Gasteiger partial charge in [0.15, 0.2) is 5.78 Å². The number of aryl methyl sites for hydroxylation is 1. The Labute approximate surface area is 110 Å². The molecule has 0 spiro atoms. The quantitative estimate of drug-likeness (QED) is 0.681. The highest BCUT2D eigenvalue weighted by Gasteiger charge is 2.16. The summed E-state index contributed by atoms with van der Waals surface area (Å²) in [5.74, 6) is 0.624. The number of ether oxygens (including phenoxy) is 1. The molecule has 1 atom stereocenters. The van der Waals surface area contributed by atoms with Crippen LogP contribution in [0.2, 0.25) is 0 Å². The number of carbonyl (C=O) groups is 1. The number of ketones is 1. The van der Waals surface area contributed by atoms with Gasteiger partial charge in [0.25, 0.3) is 0 Å². The van der Waals surface area contributed by atoms with Gasteiger partial charge in [0.05, 0.1) is 6.61 Å². The minimum Gasteiger partial charge on any atom is -0.370 e. The van der Waals surface area contributed by atoms with E-state index in [1.54, 1.807) is 0 Å². The molecule has 0 bridgehead atoms. The van der Waals surface area contributed by atoms with Crippen LogP contribution in [0.15, 0.2) is 24.3 Å². The van der Waals surface area contributed by atoms with E-state index in [0.717, 1.165) is 24.0 Å². The predicted octanol–water partition coefficient (Wildman–Crippen LogP) is 4.02. The molecule has 2 heteroatoms. The van der Waals surface area contributed by atoms with Crippen molar-refractivity contribution in [3.8, 4) is 0 Å². The summed E-state index contributed by atoms with van der Waals surface area (Å²) in [7, 11) is 0. The van der Waals surface area contributed by atoms with Gasteiger partial charge < -0.3 is 4.74 Å². The summed E-state index contributed by atoms with van der Waals surface area (Å²) >= 11 is 0. The minimum absolute atomic E-state index is 0.0703. The lowest BCUT2D eigenvalue weighted by atomic mass is 10.0. The molecule has 0 saturated carbocycles. The fourth-order valence-corrected chi connectivity index (χ4v) is 1.83. The lowest BCUT2D eigenvalue weighted by Crippen LogP contribution is -2.23. The summed E-state index contributed by atoms with van der Waals surface area (Å²) in [6.07, 6.45) is 1.84. The van der Waals surface area contributed by atoms with E-state index in [9.17, 15) is 4.79 Å². The largest absolute Gasteiger partial charge is 0.370 e. The molecule has 2 nitrogen and oxygen atoms in total. The number of rotatable bonds is 7. The first-order valence-electron chi connectivity index (χ1n) is 6.80. The fourth-order valence-electron chi connectivity index (χ4n) is 1.83. The van der Waals surface area contributed by atoms with Gasteiger partial charge in [-0.15, -0.1) is 0 Å². The first-order valence-corrected chi connectivity index (χ1v) is 6.80. The molecular formula is C16H24O2. The second kappa shape index (κ2) is 7.32. The van der Waals surface area contributed by atoms with Crippen LogP contribution in [0.1, 0.15) is 49.5 Å². The molecule has 1 unspecified atom stereocenters. The molecule has 0 saturated heterocycles. The monoisotopic (exact) mass is 248 g/mol. The highest BCUT2D eigenvalue weighted by atomic mass is 16.5. The van der Waals surface area contributed by atoms with Crippen LogP contribution in [0, 0.1) is 12.8 Å². The van der Waals surface area contributed by atoms with Gasteiger partial charge in [-0.2, -0.15) is 0 Å². The topological polar surface area (TPSA) is 26.3 Å². The second-order valence-electron chi connectivity index (χ2n) is 4.89. The van der Waals surface area contributed by atoms with E-state index in [0.29, 0.717) is 12.5 Å². The van der Waals surface area contributed by atoms with Crippen LogP contribution in [0.3, 0.4) is 0 Å². The summed E-state index contributed by atoms with van der Waals surface area (Å²) in [6, 6.07) is 7.66. The Morgan fingerprint density at radius 2 is 1.72 bits per heavy atom. The first kappa shape index (κ1) is 14.9. The van der Waals surface area contributed by atoms with Crippen molar-refractivity contribution >= 4 is 5.78 Å². The summed E-state index contributed by atoms with van der Waals surface area (Å²) in [4.78, 5) is 12.1. The average Bonchev–Trinajstić information content (AvgIpc) is 2.39. The van der Waals surface area contributed by atoms with Crippen LogP contribution in [0.5, 0.6) is 0 Å². The van der Waals surface area contributed by atoms with Crippen molar-refractivity contribution in [1.29, 1.82) is 0 Å². The number of carbonyl (C=O) groups excluding carboxylic acids is 1. The van der Waals surface area contributed by atoms with Crippen LogP contribution in [0.4, 0.5) is 0 Å². The normalized spacial score (nSPS) is 12.7. The van der Waals surface area contributed by atoms with Gasteiger partial charge in [0, 0.05) is 5.56 Å². The third-order valence-electron chi connectivity index (χ3n) is 3.44. The highest BCUT2D eigenvalue weighted by Crippen LogP contribution is 2.12. The zero-order valence-corrected chi connectivity index (χ0v) is 11.9. The molecule has 18 heavy (non-hydrogen) atoms. The molecule has 1 aromatic carbocycles. The maximum Gasteiger partial charge on any atom is 0.191 e. The molecular weight excluding hydrogens is 224 g/mol. The molecule has 0 aromatic heterocycles. The molecule has 0 heterocycles. The van der Waals surface area contributed by atoms with Gasteiger partial charge in [0.1, 0.15) is 6.10 Å². The Balaban J connectivity index is 2.53. The van der Waals surface area contributed by atoms with E-state index in [2.05, 4.69) is 13.8 Å². The zero-order chi connectivity index (χ0) is 13.5. The number of hydrogen-bond donors (Lipinski definition) is 0. The third kappa shape index (κ3) is 4.26. The molecule has 0 aliphatic heterocycles. The van der Waals surface area contributed by atoms with E-state index < -0.39 is 0 Å². The molecule has 0 amide bonds. The van der Waals surface area contributed by atoms with Crippen molar-refractivity contribution in [2.75, 3.05) is 6.61 Å². The SMILES string of the molecule is CCC(CC)COC(C)C(=O)c1ccc(C)cc1. The van der Waals surface area contributed by atoms with Crippen LogP contribution in [-0.4, -0.2) is 18.5 Å². The van der Waals surface area contributed by atoms with Crippen molar-refractivity contribution < 1.29 is 9.53 Å². The van der Waals surface area contributed by atoms with Crippen molar-refractivity contribution in [1.82, 2.24) is 0 Å². The Morgan fingerprint density at radius 1 is 1.17 bits per heavy atom. The first-order chi connectivity index (χ1) is 8.58. The van der Waals surface area contributed by atoms with Crippen molar-refractivity contribution in [3.05, 3.63) is 35.4 Å². The number of benzene rings is 1. The van der Waals surface area contributed by atoms with Gasteiger partial charge in [-0.1, -0.05) is 56.5 Å². The molecule has 0 aliphatic rings. The predicted molar refractivity (Wildman–Crippen MR) is 75.0 cm³/mol. The smallest absolute Gasteiger partial charge is 0.191 e. The van der Waals surface area contributed by atoms with Crippen molar-refractivity contribution in [2.45, 2.75) is 46.6 Å². The van der Waals surface area contributed by atoms with Gasteiger partial charge in [-0.05, 0) is 19.8 Å². The van der Waals surface area contributed by atoms with Gasteiger partial charge >= 0.3 is 0 Å². The molecule has 0 aliphatic carbocycles. The standard InChI is InChI=1S/C16H24O2/c1-5-14(6-2)11-18-13(4)16(17)15-9-7-12(3)8-10-15/h7-10,13-14H,5-6,11H2,1-4H3. The summed E-state index contributed by atoms with van der Waals surface area (Å²) in [6.45, 7) is 8.84. The van der Waals surface area contributed by atoms with Crippen LogP contribution < -0.4 is 0 Å². The third-order valence-corrected chi connectivity index (χ3v) is 3.44. The Morgan fingerprint density at radius 3 is 2.22 bits per heavy atom. The van der Waals surface area contributed by atoms with E-state index in [-0.39, 0.29) is 11.9 Å². The van der Waals surface area contributed by atoms with Crippen LogP contribution in [-0.2, 0) is 4.74 Å². The van der Waals surface area contributed by atoms with Gasteiger partial charge in [-0.3, -0.25) is 4.79 Å². The Bertz CT molecular complexity index is 363. The van der Waals surface area contributed by atoms with E-state index >= 15 is 0 Å².